The fraction of sp³-hybridized carbons (Fsp3) is 0.273. The van der Waals surface area contributed by atoms with Gasteiger partial charge in [-0.05, 0) is 12.1 Å². The second-order valence-corrected chi connectivity index (χ2v) is 7.28. The van der Waals surface area contributed by atoms with Crippen molar-refractivity contribution in [3.8, 4) is 22.8 Å². The number of hydrogen-bond donors (Lipinski definition) is 2. The van der Waals surface area contributed by atoms with E-state index in [1.165, 1.54) is 26.4 Å². The highest BCUT2D eigenvalue weighted by atomic mass is 19.1. The molecule has 4 rings (SSSR count). The maximum Gasteiger partial charge on any atom is 0.190 e. The molecule has 0 radical (unpaired) electrons. The van der Waals surface area contributed by atoms with Gasteiger partial charge in [0.15, 0.2) is 17.2 Å². The molecule has 0 aliphatic rings. The summed E-state index contributed by atoms with van der Waals surface area (Å²) >= 11 is 0. The van der Waals surface area contributed by atoms with E-state index in [2.05, 4.69) is 20.1 Å². The predicted octanol–water partition coefficient (Wildman–Crippen LogP) is 1.57. The number of pyridine rings is 1. The maximum atomic E-state index is 14.9. The summed E-state index contributed by atoms with van der Waals surface area (Å²) in [5.41, 5.74) is 2.54. The number of methoxy groups -OCH3 is 2. The third kappa shape index (κ3) is 4.54. The quantitative estimate of drug-likeness (QED) is 0.435. The van der Waals surface area contributed by atoms with E-state index in [-0.39, 0.29) is 18.0 Å². The minimum Gasteiger partial charge on any atom is -0.497 e. The van der Waals surface area contributed by atoms with Gasteiger partial charge in [0.25, 0.3) is 0 Å². The number of ether oxygens (including phenoxy) is 2. The zero-order valence-corrected chi connectivity index (χ0v) is 18.3. The number of fused-ring (bicyclic) bond motifs is 1. The van der Waals surface area contributed by atoms with Crippen molar-refractivity contribution in [2.75, 3.05) is 20.8 Å². The van der Waals surface area contributed by atoms with Crippen LogP contribution < -0.4 is 15.0 Å². The van der Waals surface area contributed by atoms with Gasteiger partial charge in [-0.1, -0.05) is 0 Å². The SMILES string of the molecule is COc1cc(N=c2ccc3ncc(-c4cnn(C)c4)nc3n2CC(O)CO)c(F)c(OC)c1. The van der Waals surface area contributed by atoms with Crippen LogP contribution in [0.3, 0.4) is 0 Å². The Morgan fingerprint density at radius 2 is 2.00 bits per heavy atom. The highest BCUT2D eigenvalue weighted by molar-refractivity contribution is 5.73. The van der Waals surface area contributed by atoms with E-state index < -0.39 is 18.5 Å². The highest BCUT2D eigenvalue weighted by Crippen LogP contribution is 2.32. The molecule has 172 valence electrons. The fourth-order valence-electron chi connectivity index (χ4n) is 3.33. The summed E-state index contributed by atoms with van der Waals surface area (Å²) in [5.74, 6) is -0.314. The third-order valence-electron chi connectivity index (χ3n) is 4.99. The number of nitrogens with zero attached hydrogens (tertiary/aromatic N) is 6. The van der Waals surface area contributed by atoms with Crippen molar-refractivity contribution in [1.29, 1.82) is 0 Å². The van der Waals surface area contributed by atoms with E-state index in [0.717, 1.165) is 5.56 Å². The number of aliphatic hydroxyl groups excluding tert-OH is 2. The summed E-state index contributed by atoms with van der Waals surface area (Å²) in [6, 6.07) is 6.19. The lowest BCUT2D eigenvalue weighted by Crippen LogP contribution is -2.29. The Morgan fingerprint density at radius 1 is 1.18 bits per heavy atom. The predicted molar refractivity (Wildman–Crippen MR) is 118 cm³/mol. The molecule has 10 nitrogen and oxygen atoms in total. The number of aryl methyl sites for hydroxylation is 1. The molecule has 0 aliphatic carbocycles. The molecule has 2 N–H and O–H groups in total. The molecule has 0 saturated heterocycles. The number of aromatic nitrogens is 5. The van der Waals surface area contributed by atoms with E-state index in [4.69, 9.17) is 9.47 Å². The van der Waals surface area contributed by atoms with E-state index in [9.17, 15) is 14.6 Å². The van der Waals surface area contributed by atoms with Crippen LogP contribution in [0.25, 0.3) is 22.4 Å². The molecule has 0 amide bonds. The second-order valence-electron chi connectivity index (χ2n) is 7.28. The Kier molecular flexibility index (Phi) is 6.33. The van der Waals surface area contributed by atoms with Gasteiger partial charge < -0.3 is 24.3 Å². The molecule has 0 saturated carbocycles. The Labute approximate surface area is 188 Å². The average molecular weight is 454 g/mol. The minimum atomic E-state index is -1.09. The van der Waals surface area contributed by atoms with E-state index >= 15 is 0 Å². The van der Waals surface area contributed by atoms with E-state index in [1.54, 1.807) is 47.0 Å². The van der Waals surface area contributed by atoms with Gasteiger partial charge in [-0.25, -0.2) is 14.4 Å². The van der Waals surface area contributed by atoms with Gasteiger partial charge in [-0.3, -0.25) is 9.67 Å². The summed E-state index contributed by atoms with van der Waals surface area (Å²) < 4.78 is 28.5. The first-order valence-corrected chi connectivity index (χ1v) is 10.0. The monoisotopic (exact) mass is 454 g/mol. The van der Waals surface area contributed by atoms with Gasteiger partial charge in [-0.15, -0.1) is 0 Å². The summed E-state index contributed by atoms with van der Waals surface area (Å²) in [6.45, 7) is -0.513. The average Bonchev–Trinajstić information content (AvgIpc) is 3.27. The number of aliphatic hydroxyl groups is 2. The maximum absolute atomic E-state index is 14.9. The Morgan fingerprint density at radius 3 is 2.67 bits per heavy atom. The molecule has 3 aromatic heterocycles. The first-order valence-electron chi connectivity index (χ1n) is 10.0. The lowest BCUT2D eigenvalue weighted by atomic mass is 10.2. The van der Waals surface area contributed by atoms with Gasteiger partial charge >= 0.3 is 0 Å². The first kappa shape index (κ1) is 22.4. The number of rotatable bonds is 7. The highest BCUT2D eigenvalue weighted by Gasteiger charge is 2.15. The minimum absolute atomic E-state index is 0.0190. The lowest BCUT2D eigenvalue weighted by molar-refractivity contribution is 0.0811. The van der Waals surface area contributed by atoms with Gasteiger partial charge in [0.1, 0.15) is 22.4 Å². The van der Waals surface area contributed by atoms with Crippen molar-refractivity contribution in [2.45, 2.75) is 12.6 Å². The first-order chi connectivity index (χ1) is 15.9. The zero-order chi connectivity index (χ0) is 23.5. The van der Waals surface area contributed by atoms with Gasteiger partial charge in [0.05, 0.1) is 51.6 Å². The van der Waals surface area contributed by atoms with Crippen molar-refractivity contribution >= 4 is 16.9 Å². The Bertz CT molecular complexity index is 1370. The molecule has 0 fully saturated rings. The smallest absolute Gasteiger partial charge is 0.190 e. The van der Waals surface area contributed by atoms with Crippen molar-refractivity contribution in [1.82, 2.24) is 24.3 Å². The molecule has 1 unspecified atom stereocenters. The van der Waals surface area contributed by atoms with E-state index in [1.807, 2.05) is 0 Å². The van der Waals surface area contributed by atoms with Crippen LogP contribution in [0.5, 0.6) is 11.5 Å². The summed E-state index contributed by atoms with van der Waals surface area (Å²) in [7, 11) is 4.61. The lowest BCUT2D eigenvalue weighted by Gasteiger charge is -2.15. The number of hydrogen-bond acceptors (Lipinski definition) is 8. The number of halogens is 1. The molecule has 33 heavy (non-hydrogen) atoms. The van der Waals surface area contributed by atoms with Gasteiger partial charge in [0, 0.05) is 30.9 Å². The van der Waals surface area contributed by atoms with Crippen LogP contribution in [0.1, 0.15) is 0 Å². The molecule has 1 atom stereocenters. The summed E-state index contributed by atoms with van der Waals surface area (Å²) in [4.78, 5) is 13.6. The largest absolute Gasteiger partial charge is 0.497 e. The van der Waals surface area contributed by atoms with Crippen LogP contribution in [-0.4, -0.2) is 61.5 Å². The van der Waals surface area contributed by atoms with Crippen LogP contribution in [0.4, 0.5) is 10.1 Å². The Hall–Kier alpha value is -3.83. The van der Waals surface area contributed by atoms with Crippen molar-refractivity contribution in [3.63, 3.8) is 0 Å². The fourth-order valence-corrected chi connectivity index (χ4v) is 3.33. The third-order valence-corrected chi connectivity index (χ3v) is 4.99. The van der Waals surface area contributed by atoms with Gasteiger partial charge in [-0.2, -0.15) is 5.10 Å². The zero-order valence-electron chi connectivity index (χ0n) is 18.3. The van der Waals surface area contributed by atoms with Crippen LogP contribution >= 0.6 is 0 Å². The summed E-state index contributed by atoms with van der Waals surface area (Å²) in [5, 5.41) is 23.8. The number of benzene rings is 1. The standard InChI is InChI=1S/C22H23FN6O4/c1-28-10-13(8-25-28)18-9-24-16-4-5-20(29(22(16)27-18)11-14(31)12-30)26-17-6-15(32-2)7-19(33-3)21(17)23/h4-10,14,30-31H,11-12H2,1-3H3. The van der Waals surface area contributed by atoms with Gasteiger partial charge in [0.2, 0.25) is 0 Å². The molecule has 0 bridgehead atoms. The summed E-state index contributed by atoms with van der Waals surface area (Å²) in [6.07, 6.45) is 3.99. The van der Waals surface area contributed by atoms with Crippen molar-refractivity contribution < 1.29 is 24.1 Å². The molecule has 4 aromatic rings. The molecular weight excluding hydrogens is 431 g/mol. The molecule has 3 heterocycles. The molecule has 0 aliphatic heterocycles. The van der Waals surface area contributed by atoms with Crippen LogP contribution in [0.15, 0.2) is 47.8 Å². The molecule has 11 heteroatoms. The normalized spacial score (nSPS) is 12.8. The van der Waals surface area contributed by atoms with E-state index in [0.29, 0.717) is 28.1 Å². The second kappa shape index (κ2) is 9.35. The molecular formula is C22H23FN6O4. The van der Waals surface area contributed by atoms with Crippen molar-refractivity contribution in [3.05, 3.63) is 54.2 Å². The van der Waals surface area contributed by atoms with Crippen molar-refractivity contribution in [2.24, 2.45) is 12.0 Å². The topological polar surface area (TPSA) is 120 Å². The molecule has 0 spiro atoms. The van der Waals surface area contributed by atoms with Crippen LogP contribution in [0, 0.1) is 5.82 Å². The molecule has 1 aromatic carbocycles. The Balaban J connectivity index is 1.97. The van der Waals surface area contributed by atoms with Crippen LogP contribution in [0.2, 0.25) is 0 Å². The van der Waals surface area contributed by atoms with Crippen LogP contribution in [-0.2, 0) is 13.6 Å².